The van der Waals surface area contributed by atoms with Crippen molar-refractivity contribution in [3.8, 4) is 0 Å². The fourth-order valence-corrected chi connectivity index (χ4v) is 0.683. The predicted octanol–water partition coefficient (Wildman–Crippen LogP) is 1.86. The third kappa shape index (κ3) is 3.14. The first-order chi connectivity index (χ1) is 3.68. The number of alkyl halides is 1. The topological polar surface area (TPSA) is 37.3 Å². The molecule has 0 saturated heterocycles. The van der Waals surface area contributed by atoms with Crippen molar-refractivity contribution in [2.24, 2.45) is 0 Å². The highest BCUT2D eigenvalue weighted by Crippen LogP contribution is 2.28. The minimum Gasteiger partial charge on any atom is -0.160 e. The molecular formula is C4H7ClO2P+. The molecule has 46 valence electrons. The fraction of sp³-hybridized carbons (Fsp3) is 0.500. The molecule has 2 nitrogen and oxygen atoms in total. The maximum absolute atomic E-state index is 10.1. The number of halogens is 1. The molecule has 0 amide bonds. The second-order valence-corrected chi connectivity index (χ2v) is 3.32. The van der Waals surface area contributed by atoms with Crippen molar-refractivity contribution < 1.29 is 9.46 Å². The summed E-state index contributed by atoms with van der Waals surface area (Å²) in [5.41, 5.74) is 0. The van der Waals surface area contributed by atoms with Gasteiger partial charge < -0.3 is 0 Å². The molecule has 8 heavy (non-hydrogen) atoms. The molecule has 0 saturated carbocycles. The molecule has 0 aliphatic carbocycles. The van der Waals surface area contributed by atoms with Gasteiger partial charge >= 0.3 is 8.03 Å². The van der Waals surface area contributed by atoms with E-state index in [1.54, 1.807) is 0 Å². The van der Waals surface area contributed by atoms with E-state index in [0.29, 0.717) is 6.42 Å². The van der Waals surface area contributed by atoms with Gasteiger partial charge in [-0.2, -0.15) is 4.89 Å². The van der Waals surface area contributed by atoms with Crippen LogP contribution in [0.5, 0.6) is 0 Å². The first-order valence-electron chi connectivity index (χ1n) is 2.08. The van der Waals surface area contributed by atoms with Gasteiger partial charge in [0.15, 0.2) is 0 Å². The highest BCUT2D eigenvalue weighted by Gasteiger charge is 2.23. The molecule has 0 heterocycles. The Labute approximate surface area is 54.0 Å². The van der Waals surface area contributed by atoms with Gasteiger partial charge in [-0.25, -0.2) is 0 Å². The number of hydrogen-bond donors (Lipinski definition) is 1. The van der Waals surface area contributed by atoms with Gasteiger partial charge in [-0.15, -0.1) is 6.58 Å². The van der Waals surface area contributed by atoms with Gasteiger partial charge in [-0.1, -0.05) is 17.7 Å². The van der Waals surface area contributed by atoms with Crippen LogP contribution in [0, 0.1) is 0 Å². The zero-order valence-electron chi connectivity index (χ0n) is 4.25. The van der Waals surface area contributed by atoms with Gasteiger partial charge in [0.05, 0.1) is 0 Å². The van der Waals surface area contributed by atoms with Crippen LogP contribution < -0.4 is 0 Å². The lowest BCUT2D eigenvalue weighted by atomic mass is 10.5. The van der Waals surface area contributed by atoms with Crippen molar-refractivity contribution in [2.75, 3.05) is 0 Å². The monoisotopic (exact) mass is 153 g/mol. The van der Waals surface area contributed by atoms with Crippen molar-refractivity contribution in [3.05, 3.63) is 12.7 Å². The summed E-state index contributed by atoms with van der Waals surface area (Å²) in [6.45, 7) is 3.36. The number of hydrogen-bond acceptors (Lipinski definition) is 1. The van der Waals surface area contributed by atoms with Crippen LogP contribution in [0.1, 0.15) is 6.42 Å². The van der Waals surface area contributed by atoms with E-state index in [1.807, 2.05) is 0 Å². The van der Waals surface area contributed by atoms with E-state index in [-0.39, 0.29) is 0 Å². The Bertz CT molecular complexity index is 104. The second-order valence-electron chi connectivity index (χ2n) is 1.26. The molecule has 4 heteroatoms. The van der Waals surface area contributed by atoms with Gasteiger partial charge in [0, 0.05) is 6.42 Å². The van der Waals surface area contributed by atoms with E-state index < -0.39 is 13.1 Å². The van der Waals surface area contributed by atoms with Crippen molar-refractivity contribution in [1.29, 1.82) is 0 Å². The molecule has 0 bridgehead atoms. The zero-order valence-corrected chi connectivity index (χ0v) is 5.90. The molecule has 0 aromatic carbocycles. The Balaban J connectivity index is 3.46. The smallest absolute Gasteiger partial charge is 0.160 e. The Kier molecular flexibility index (Phi) is 4.06. The van der Waals surface area contributed by atoms with E-state index in [2.05, 4.69) is 6.58 Å². The summed E-state index contributed by atoms with van der Waals surface area (Å²) in [6, 6.07) is 0. The molecule has 0 aromatic heterocycles. The van der Waals surface area contributed by atoms with Crippen molar-refractivity contribution >= 4 is 19.6 Å². The van der Waals surface area contributed by atoms with E-state index in [0.717, 1.165) is 0 Å². The summed E-state index contributed by atoms with van der Waals surface area (Å²) in [5.74, 6) is 0. The Morgan fingerprint density at radius 1 is 2.00 bits per heavy atom. The lowest BCUT2D eigenvalue weighted by molar-refractivity contribution is 0.499. The van der Waals surface area contributed by atoms with Gasteiger partial charge in [0.25, 0.3) is 5.12 Å². The third-order valence-electron chi connectivity index (χ3n) is 0.601. The van der Waals surface area contributed by atoms with E-state index >= 15 is 0 Å². The zero-order chi connectivity index (χ0) is 6.57. The van der Waals surface area contributed by atoms with Crippen LogP contribution in [0.25, 0.3) is 0 Å². The number of rotatable bonds is 3. The summed E-state index contributed by atoms with van der Waals surface area (Å²) in [6.07, 6.45) is 1.90. The average molecular weight is 154 g/mol. The molecule has 2 unspecified atom stereocenters. The van der Waals surface area contributed by atoms with E-state index in [1.165, 1.54) is 6.08 Å². The van der Waals surface area contributed by atoms with Crippen LogP contribution >= 0.6 is 19.6 Å². The van der Waals surface area contributed by atoms with Crippen LogP contribution in [0.2, 0.25) is 0 Å². The van der Waals surface area contributed by atoms with Crippen LogP contribution in [-0.4, -0.2) is 10.0 Å². The first-order valence-corrected chi connectivity index (χ1v) is 3.80. The largest absolute Gasteiger partial charge is 0.525 e. The van der Waals surface area contributed by atoms with E-state index in [9.17, 15) is 4.57 Å². The minimum absolute atomic E-state index is 0.382. The lowest BCUT2D eigenvalue weighted by Gasteiger charge is -1.83. The average Bonchev–Trinajstić information content (AvgIpc) is 1.67. The molecule has 0 aromatic rings. The van der Waals surface area contributed by atoms with E-state index in [4.69, 9.17) is 16.5 Å². The minimum atomic E-state index is -2.22. The maximum Gasteiger partial charge on any atom is 0.525 e. The van der Waals surface area contributed by atoms with Crippen LogP contribution in [-0.2, 0) is 4.57 Å². The normalized spacial score (nSPS) is 15.0. The third-order valence-corrected chi connectivity index (χ3v) is 1.97. The Hall–Kier alpha value is 0.0900. The van der Waals surface area contributed by atoms with Gasteiger partial charge in [-0.3, -0.25) is 0 Å². The molecule has 0 aliphatic heterocycles. The fourth-order valence-electron chi connectivity index (χ4n) is 0.228. The first kappa shape index (κ1) is 8.09. The molecular weight excluding hydrogens is 146 g/mol. The SMILES string of the molecule is C=CCC(Cl)[P+](=O)O. The molecule has 0 rings (SSSR count). The van der Waals surface area contributed by atoms with Gasteiger partial charge in [-0.05, 0) is 4.57 Å². The Morgan fingerprint density at radius 2 is 2.50 bits per heavy atom. The van der Waals surface area contributed by atoms with Crippen LogP contribution in [0.3, 0.4) is 0 Å². The maximum atomic E-state index is 10.1. The van der Waals surface area contributed by atoms with Crippen molar-refractivity contribution in [1.82, 2.24) is 0 Å². The quantitative estimate of drug-likeness (QED) is 0.382. The molecule has 0 fully saturated rings. The van der Waals surface area contributed by atoms with Gasteiger partial charge in [0.1, 0.15) is 0 Å². The van der Waals surface area contributed by atoms with Gasteiger partial charge in [0.2, 0.25) is 0 Å². The lowest BCUT2D eigenvalue weighted by Crippen LogP contribution is -1.85. The molecule has 2 atom stereocenters. The summed E-state index contributed by atoms with van der Waals surface area (Å²) in [4.78, 5) is 8.28. The molecule has 0 aliphatic rings. The summed E-state index contributed by atoms with van der Waals surface area (Å²) < 4.78 is 10.1. The number of allylic oxidation sites excluding steroid dienone is 1. The standard InChI is InChI=1S/C4H6ClO2P/c1-2-3-4(5)8(6)7/h2,4H,1,3H2/p+1. The van der Waals surface area contributed by atoms with Crippen molar-refractivity contribution in [2.45, 2.75) is 11.5 Å². The summed E-state index contributed by atoms with van der Waals surface area (Å²) >= 11 is 5.31. The highest BCUT2D eigenvalue weighted by molar-refractivity contribution is 7.41. The van der Waals surface area contributed by atoms with Crippen LogP contribution in [0.15, 0.2) is 12.7 Å². The second kappa shape index (κ2) is 4.02. The highest BCUT2D eigenvalue weighted by atomic mass is 35.5. The summed E-state index contributed by atoms with van der Waals surface area (Å²) in [7, 11) is -2.22. The van der Waals surface area contributed by atoms with Crippen molar-refractivity contribution in [3.63, 3.8) is 0 Å². The van der Waals surface area contributed by atoms with Crippen LogP contribution in [0.4, 0.5) is 0 Å². The molecule has 0 radical (unpaired) electrons. The Morgan fingerprint density at radius 3 is 2.62 bits per heavy atom. The summed E-state index contributed by atoms with van der Waals surface area (Å²) in [5, 5.41) is -0.664. The molecule has 0 spiro atoms. The predicted molar refractivity (Wildman–Crippen MR) is 34.3 cm³/mol. The molecule has 1 N–H and O–H groups in total.